The van der Waals surface area contributed by atoms with Crippen molar-refractivity contribution in [1.29, 1.82) is 0 Å². The van der Waals surface area contributed by atoms with Gasteiger partial charge in [0.2, 0.25) is 0 Å². The average Bonchev–Trinajstić information content (AvgIpc) is 2.96. The third-order valence-corrected chi connectivity index (χ3v) is 3.37. The number of rotatable bonds is 5. The molecule has 3 rings (SSSR count). The summed E-state index contributed by atoms with van der Waals surface area (Å²) in [6.07, 6.45) is 3.82. The molecule has 108 valence electrons. The quantitative estimate of drug-likeness (QED) is 0.782. The lowest BCUT2D eigenvalue weighted by Crippen LogP contribution is -2.00. The van der Waals surface area contributed by atoms with E-state index in [9.17, 15) is 0 Å². The van der Waals surface area contributed by atoms with Gasteiger partial charge in [0, 0.05) is 30.1 Å². The Bertz CT molecular complexity index is 752. The summed E-state index contributed by atoms with van der Waals surface area (Å²) in [6, 6.07) is 11.8. The molecule has 5 nitrogen and oxygen atoms in total. The maximum absolute atomic E-state index is 5.30. The van der Waals surface area contributed by atoms with Crippen LogP contribution in [0.1, 0.15) is 5.56 Å². The number of aromatic nitrogens is 2. The van der Waals surface area contributed by atoms with Gasteiger partial charge in [0.15, 0.2) is 11.5 Å². The molecule has 0 aliphatic carbocycles. The molecule has 0 amide bonds. The molecule has 0 unspecified atom stereocenters. The predicted molar refractivity (Wildman–Crippen MR) is 82.1 cm³/mol. The molecule has 0 atom stereocenters. The molecule has 0 fully saturated rings. The van der Waals surface area contributed by atoms with E-state index in [-0.39, 0.29) is 0 Å². The molecule has 5 heteroatoms. The van der Waals surface area contributed by atoms with E-state index in [0.29, 0.717) is 12.3 Å². The number of anilines is 1. The Hall–Kier alpha value is -2.69. The number of benzene rings is 1. The molecule has 21 heavy (non-hydrogen) atoms. The lowest BCUT2D eigenvalue weighted by Gasteiger charge is -2.11. The van der Waals surface area contributed by atoms with Crippen molar-refractivity contribution >= 4 is 11.2 Å². The lowest BCUT2D eigenvalue weighted by atomic mass is 10.2. The third-order valence-electron chi connectivity index (χ3n) is 3.37. The topological polar surface area (TPSA) is 47.8 Å². The maximum atomic E-state index is 5.30. The van der Waals surface area contributed by atoms with Crippen molar-refractivity contribution in [2.45, 2.75) is 6.54 Å². The highest BCUT2D eigenvalue weighted by Gasteiger charge is 2.06. The van der Waals surface area contributed by atoms with Crippen LogP contribution in [0.25, 0.3) is 5.52 Å². The first-order valence-corrected chi connectivity index (χ1v) is 6.69. The molecule has 0 radical (unpaired) electrons. The molecule has 2 heterocycles. The van der Waals surface area contributed by atoms with Gasteiger partial charge >= 0.3 is 0 Å². The van der Waals surface area contributed by atoms with Crippen molar-refractivity contribution in [3.63, 3.8) is 0 Å². The monoisotopic (exact) mass is 283 g/mol. The van der Waals surface area contributed by atoms with Crippen molar-refractivity contribution in [2.24, 2.45) is 0 Å². The van der Waals surface area contributed by atoms with Crippen molar-refractivity contribution in [3.8, 4) is 11.5 Å². The van der Waals surface area contributed by atoms with Crippen molar-refractivity contribution in [2.75, 3.05) is 19.5 Å². The fraction of sp³-hybridized carbons (Fsp3) is 0.188. The molecule has 0 saturated heterocycles. The number of hydrogen-bond acceptors (Lipinski definition) is 4. The summed E-state index contributed by atoms with van der Waals surface area (Å²) in [4.78, 5) is 0. The Kier molecular flexibility index (Phi) is 3.64. The fourth-order valence-corrected chi connectivity index (χ4v) is 2.27. The summed E-state index contributed by atoms with van der Waals surface area (Å²) < 4.78 is 12.4. The second-order valence-electron chi connectivity index (χ2n) is 4.62. The molecule has 1 aromatic carbocycles. The number of nitrogens with one attached hydrogen (secondary N) is 1. The van der Waals surface area contributed by atoms with Gasteiger partial charge in [-0.05, 0) is 24.3 Å². The van der Waals surface area contributed by atoms with Crippen LogP contribution in [0.3, 0.4) is 0 Å². The summed E-state index contributed by atoms with van der Waals surface area (Å²) in [5.41, 5.74) is 3.22. The van der Waals surface area contributed by atoms with Crippen molar-refractivity contribution in [3.05, 3.63) is 54.4 Å². The Labute approximate surface area is 123 Å². The summed E-state index contributed by atoms with van der Waals surface area (Å²) in [7, 11) is 3.26. The number of ether oxygens (including phenoxy) is 2. The minimum Gasteiger partial charge on any atom is -0.493 e. The Morgan fingerprint density at radius 1 is 1.10 bits per heavy atom. The summed E-state index contributed by atoms with van der Waals surface area (Å²) in [6.45, 7) is 0.697. The Morgan fingerprint density at radius 3 is 2.76 bits per heavy atom. The average molecular weight is 283 g/mol. The number of methoxy groups -OCH3 is 2. The maximum Gasteiger partial charge on any atom is 0.162 e. The zero-order chi connectivity index (χ0) is 14.7. The normalized spacial score (nSPS) is 10.6. The molecular weight excluding hydrogens is 266 g/mol. The van der Waals surface area contributed by atoms with E-state index in [1.807, 2.05) is 47.2 Å². The van der Waals surface area contributed by atoms with Crippen LogP contribution < -0.4 is 14.8 Å². The van der Waals surface area contributed by atoms with E-state index in [1.54, 1.807) is 14.2 Å². The first-order valence-electron chi connectivity index (χ1n) is 6.69. The molecule has 0 bridgehead atoms. The van der Waals surface area contributed by atoms with Crippen LogP contribution in [0.2, 0.25) is 0 Å². The highest BCUT2D eigenvalue weighted by molar-refractivity contribution is 5.58. The summed E-state index contributed by atoms with van der Waals surface area (Å²) in [5, 5.41) is 7.70. The summed E-state index contributed by atoms with van der Waals surface area (Å²) in [5.74, 6) is 1.43. The number of fused-ring (bicyclic) bond motifs is 1. The predicted octanol–water partition coefficient (Wildman–Crippen LogP) is 2.96. The molecular formula is C16H17N3O2. The van der Waals surface area contributed by atoms with E-state index in [1.165, 1.54) is 0 Å². The van der Waals surface area contributed by atoms with Crippen LogP contribution in [0, 0.1) is 0 Å². The molecule has 3 aromatic rings. The van der Waals surface area contributed by atoms with E-state index >= 15 is 0 Å². The Balaban J connectivity index is 1.78. The van der Waals surface area contributed by atoms with Crippen molar-refractivity contribution in [1.82, 2.24) is 9.61 Å². The zero-order valence-corrected chi connectivity index (χ0v) is 12.0. The van der Waals surface area contributed by atoms with E-state index in [2.05, 4.69) is 16.5 Å². The van der Waals surface area contributed by atoms with Crippen LogP contribution in [0.5, 0.6) is 11.5 Å². The largest absolute Gasteiger partial charge is 0.493 e. The zero-order valence-electron chi connectivity index (χ0n) is 12.0. The van der Waals surface area contributed by atoms with Gasteiger partial charge < -0.3 is 14.8 Å². The number of pyridine rings is 1. The number of nitrogens with zero attached hydrogens (tertiary/aromatic N) is 2. The van der Waals surface area contributed by atoms with Gasteiger partial charge in [-0.25, -0.2) is 4.52 Å². The van der Waals surface area contributed by atoms with E-state index in [0.717, 1.165) is 22.5 Å². The van der Waals surface area contributed by atoms with Gasteiger partial charge in [0.05, 0.1) is 25.9 Å². The molecule has 1 N–H and O–H groups in total. The molecule has 0 spiro atoms. The van der Waals surface area contributed by atoms with Gasteiger partial charge in [0.25, 0.3) is 0 Å². The van der Waals surface area contributed by atoms with Crippen LogP contribution in [0.4, 0.5) is 5.69 Å². The minimum atomic E-state index is 0.697. The molecule has 2 aromatic heterocycles. The third kappa shape index (κ3) is 2.63. The van der Waals surface area contributed by atoms with Crippen molar-refractivity contribution < 1.29 is 9.47 Å². The molecule has 0 saturated carbocycles. The second-order valence-corrected chi connectivity index (χ2v) is 4.62. The van der Waals surface area contributed by atoms with Crippen LogP contribution >= 0.6 is 0 Å². The highest BCUT2D eigenvalue weighted by atomic mass is 16.5. The van der Waals surface area contributed by atoms with Crippen LogP contribution in [0.15, 0.2) is 48.8 Å². The van der Waals surface area contributed by atoms with Gasteiger partial charge in [-0.1, -0.05) is 6.07 Å². The first-order chi connectivity index (χ1) is 10.3. The minimum absolute atomic E-state index is 0.697. The van der Waals surface area contributed by atoms with E-state index in [4.69, 9.17) is 9.47 Å². The van der Waals surface area contributed by atoms with E-state index < -0.39 is 0 Å². The highest BCUT2D eigenvalue weighted by Crippen LogP contribution is 2.30. The van der Waals surface area contributed by atoms with Crippen LogP contribution in [-0.2, 0) is 6.54 Å². The first kappa shape index (κ1) is 13.3. The van der Waals surface area contributed by atoms with Gasteiger partial charge in [0.1, 0.15) is 0 Å². The smallest absolute Gasteiger partial charge is 0.162 e. The van der Waals surface area contributed by atoms with Crippen LogP contribution in [-0.4, -0.2) is 23.8 Å². The Morgan fingerprint density at radius 2 is 1.95 bits per heavy atom. The standard InChI is InChI=1S/C16H17N3O2/c1-20-15-7-6-13(9-16(15)21-2)17-10-12-11-18-19-8-4-3-5-14(12)19/h3-9,11,17H,10H2,1-2H3. The van der Waals surface area contributed by atoms with Gasteiger partial charge in [-0.2, -0.15) is 5.10 Å². The van der Waals surface area contributed by atoms with Gasteiger partial charge in [-0.15, -0.1) is 0 Å². The number of hydrogen-bond donors (Lipinski definition) is 1. The SMILES string of the molecule is COc1ccc(NCc2cnn3ccccc23)cc1OC. The fourth-order valence-electron chi connectivity index (χ4n) is 2.27. The van der Waals surface area contributed by atoms with Gasteiger partial charge in [-0.3, -0.25) is 0 Å². The molecule has 0 aliphatic heterocycles. The molecule has 0 aliphatic rings. The lowest BCUT2D eigenvalue weighted by molar-refractivity contribution is 0.355. The summed E-state index contributed by atoms with van der Waals surface area (Å²) >= 11 is 0. The second kappa shape index (κ2) is 5.75.